The zero-order chi connectivity index (χ0) is 14.7. The van der Waals surface area contributed by atoms with Crippen LogP contribution in [0.4, 0.5) is 4.39 Å². The molecule has 1 fully saturated rings. The van der Waals surface area contributed by atoms with Crippen LogP contribution in [0.5, 0.6) is 0 Å². The normalized spacial score (nSPS) is 18.5. The van der Waals surface area contributed by atoms with Gasteiger partial charge in [-0.05, 0) is 11.6 Å². The van der Waals surface area contributed by atoms with E-state index in [9.17, 15) is 9.18 Å². The van der Waals surface area contributed by atoms with Gasteiger partial charge >= 0.3 is 0 Å². The Labute approximate surface area is 122 Å². The minimum absolute atomic E-state index is 0.149. The number of benzene rings is 1. The molecule has 3 rings (SSSR count). The molecule has 0 saturated carbocycles. The van der Waals surface area contributed by atoms with Crippen LogP contribution < -0.4 is 0 Å². The van der Waals surface area contributed by atoms with Gasteiger partial charge in [0, 0.05) is 24.4 Å². The molecule has 0 radical (unpaired) electrons. The Morgan fingerprint density at radius 2 is 2.10 bits per heavy atom. The Morgan fingerprint density at radius 1 is 1.29 bits per heavy atom. The van der Waals surface area contributed by atoms with Gasteiger partial charge in [0.15, 0.2) is 0 Å². The number of aromatic nitrogens is 1. The van der Waals surface area contributed by atoms with Crippen LogP contribution in [0.25, 0.3) is 0 Å². The van der Waals surface area contributed by atoms with E-state index < -0.39 is 5.95 Å². The molecule has 1 saturated heterocycles. The van der Waals surface area contributed by atoms with Crippen LogP contribution in [0.3, 0.4) is 0 Å². The molecular weight excluding hydrogens is 271 g/mol. The zero-order valence-corrected chi connectivity index (χ0v) is 11.4. The first-order valence-corrected chi connectivity index (χ1v) is 6.81. The van der Waals surface area contributed by atoms with Crippen LogP contribution in [0.2, 0.25) is 0 Å². The van der Waals surface area contributed by atoms with E-state index in [0.29, 0.717) is 25.3 Å². The van der Waals surface area contributed by atoms with Crippen LogP contribution >= 0.6 is 0 Å². The summed E-state index contributed by atoms with van der Waals surface area (Å²) in [7, 11) is 0. The third-order valence-electron chi connectivity index (χ3n) is 3.55. The summed E-state index contributed by atoms with van der Waals surface area (Å²) in [6, 6.07) is 12.3. The number of hydrogen-bond acceptors (Lipinski definition) is 3. The summed E-state index contributed by atoms with van der Waals surface area (Å²) < 4.78 is 18.7. The topological polar surface area (TPSA) is 42.4 Å². The number of carbonyl (C=O) groups excluding carboxylic acids is 1. The number of morpholine rings is 1. The highest BCUT2D eigenvalue weighted by Crippen LogP contribution is 2.25. The number of rotatable bonds is 2. The number of pyridine rings is 1. The first-order chi connectivity index (χ1) is 10.3. The Kier molecular flexibility index (Phi) is 3.92. The van der Waals surface area contributed by atoms with E-state index in [-0.39, 0.29) is 11.9 Å². The van der Waals surface area contributed by atoms with Gasteiger partial charge < -0.3 is 9.64 Å². The number of nitrogens with zero attached hydrogens (tertiary/aromatic N) is 2. The molecule has 0 unspecified atom stereocenters. The first kappa shape index (κ1) is 13.7. The summed E-state index contributed by atoms with van der Waals surface area (Å²) in [6.07, 6.45) is 1.31. The first-order valence-electron chi connectivity index (χ1n) is 6.81. The monoisotopic (exact) mass is 286 g/mol. The van der Waals surface area contributed by atoms with Crippen molar-refractivity contribution in [1.82, 2.24) is 9.88 Å². The molecule has 1 aromatic carbocycles. The van der Waals surface area contributed by atoms with E-state index in [1.807, 2.05) is 30.3 Å². The van der Waals surface area contributed by atoms with Crippen molar-refractivity contribution < 1.29 is 13.9 Å². The highest BCUT2D eigenvalue weighted by Gasteiger charge is 2.29. The summed E-state index contributed by atoms with van der Waals surface area (Å²) in [6.45, 7) is 1.42. The molecule has 1 atom stereocenters. The molecule has 0 N–H and O–H groups in total. The quantitative estimate of drug-likeness (QED) is 0.796. The van der Waals surface area contributed by atoms with E-state index >= 15 is 0 Å². The lowest BCUT2D eigenvalue weighted by Gasteiger charge is -2.36. The summed E-state index contributed by atoms with van der Waals surface area (Å²) in [5.74, 6) is -0.848. The second kappa shape index (κ2) is 6.01. The van der Waals surface area contributed by atoms with Crippen molar-refractivity contribution in [1.29, 1.82) is 0 Å². The lowest BCUT2D eigenvalue weighted by atomic mass is 10.0. The maximum absolute atomic E-state index is 13.2. The van der Waals surface area contributed by atoms with Crippen molar-refractivity contribution in [2.75, 3.05) is 19.8 Å². The van der Waals surface area contributed by atoms with Crippen LogP contribution in [0.15, 0.2) is 48.7 Å². The highest BCUT2D eigenvalue weighted by atomic mass is 19.1. The van der Waals surface area contributed by atoms with Gasteiger partial charge in [-0.3, -0.25) is 4.79 Å². The number of amides is 1. The van der Waals surface area contributed by atoms with Gasteiger partial charge in [0.25, 0.3) is 5.91 Å². The van der Waals surface area contributed by atoms with E-state index in [0.717, 1.165) is 5.56 Å². The lowest BCUT2D eigenvalue weighted by molar-refractivity contribution is -0.00272. The molecule has 0 spiro atoms. The van der Waals surface area contributed by atoms with Crippen molar-refractivity contribution in [3.63, 3.8) is 0 Å². The van der Waals surface area contributed by atoms with Gasteiger partial charge in [0.2, 0.25) is 5.95 Å². The van der Waals surface area contributed by atoms with E-state index in [1.54, 1.807) is 4.90 Å². The molecule has 1 amide bonds. The summed E-state index contributed by atoms with van der Waals surface area (Å²) in [5, 5.41) is 0. The highest BCUT2D eigenvalue weighted by molar-refractivity contribution is 5.94. The molecule has 0 aliphatic carbocycles. The lowest BCUT2D eigenvalue weighted by Crippen LogP contribution is -2.43. The Morgan fingerprint density at radius 3 is 2.86 bits per heavy atom. The zero-order valence-electron chi connectivity index (χ0n) is 11.4. The van der Waals surface area contributed by atoms with E-state index in [2.05, 4.69) is 4.98 Å². The van der Waals surface area contributed by atoms with Crippen molar-refractivity contribution in [3.8, 4) is 0 Å². The standard InChI is InChI=1S/C16H15FN2O2/c17-15-10-13(6-7-18-15)16(20)19-8-9-21-11-14(19)12-4-2-1-3-5-12/h1-7,10,14H,8-9,11H2/t14-/m0/s1. The maximum atomic E-state index is 13.2. The van der Waals surface area contributed by atoms with Gasteiger partial charge in [-0.15, -0.1) is 0 Å². The number of halogens is 1. The third-order valence-corrected chi connectivity index (χ3v) is 3.55. The van der Waals surface area contributed by atoms with Crippen molar-refractivity contribution in [3.05, 3.63) is 65.7 Å². The molecule has 2 heterocycles. The molecule has 1 aliphatic heterocycles. The molecule has 2 aromatic rings. The Balaban J connectivity index is 1.89. The second-order valence-electron chi connectivity index (χ2n) is 4.87. The predicted octanol–water partition coefficient (Wildman–Crippen LogP) is 2.43. The van der Waals surface area contributed by atoms with Crippen LogP contribution in [0, 0.1) is 5.95 Å². The fourth-order valence-corrected chi connectivity index (χ4v) is 2.50. The smallest absolute Gasteiger partial charge is 0.254 e. The third kappa shape index (κ3) is 2.92. The van der Waals surface area contributed by atoms with Crippen molar-refractivity contribution in [2.24, 2.45) is 0 Å². The van der Waals surface area contributed by atoms with Crippen LogP contribution in [0.1, 0.15) is 22.0 Å². The largest absolute Gasteiger partial charge is 0.377 e. The maximum Gasteiger partial charge on any atom is 0.254 e. The minimum Gasteiger partial charge on any atom is -0.377 e. The van der Waals surface area contributed by atoms with E-state index in [1.165, 1.54) is 18.3 Å². The molecule has 5 heteroatoms. The van der Waals surface area contributed by atoms with Crippen LogP contribution in [-0.2, 0) is 4.74 Å². The van der Waals surface area contributed by atoms with Crippen molar-refractivity contribution >= 4 is 5.91 Å². The molecule has 1 aliphatic rings. The fraction of sp³-hybridized carbons (Fsp3) is 0.250. The second-order valence-corrected chi connectivity index (χ2v) is 4.87. The Hall–Kier alpha value is -2.27. The van der Waals surface area contributed by atoms with Gasteiger partial charge in [0.1, 0.15) is 0 Å². The minimum atomic E-state index is -0.648. The molecule has 0 bridgehead atoms. The molecule has 108 valence electrons. The summed E-state index contributed by atoms with van der Waals surface area (Å²) in [4.78, 5) is 17.8. The fourth-order valence-electron chi connectivity index (χ4n) is 2.50. The molecular formula is C16H15FN2O2. The SMILES string of the molecule is O=C(c1ccnc(F)c1)N1CCOC[C@H]1c1ccccc1. The van der Waals surface area contributed by atoms with Gasteiger partial charge in [-0.2, -0.15) is 4.39 Å². The van der Waals surface area contributed by atoms with Gasteiger partial charge in [0.05, 0.1) is 19.3 Å². The number of carbonyl (C=O) groups is 1. The Bertz CT molecular complexity index is 633. The van der Waals surface area contributed by atoms with Gasteiger partial charge in [-0.1, -0.05) is 30.3 Å². The average Bonchev–Trinajstić information content (AvgIpc) is 2.55. The predicted molar refractivity (Wildman–Crippen MR) is 75.2 cm³/mol. The molecule has 4 nitrogen and oxygen atoms in total. The molecule has 21 heavy (non-hydrogen) atoms. The average molecular weight is 286 g/mol. The number of ether oxygens (including phenoxy) is 1. The van der Waals surface area contributed by atoms with Crippen molar-refractivity contribution in [2.45, 2.75) is 6.04 Å². The summed E-state index contributed by atoms with van der Waals surface area (Å²) >= 11 is 0. The van der Waals surface area contributed by atoms with Gasteiger partial charge in [-0.25, -0.2) is 4.98 Å². The summed E-state index contributed by atoms with van der Waals surface area (Å²) in [5.41, 5.74) is 1.32. The molecule has 1 aromatic heterocycles. The van der Waals surface area contributed by atoms with Crippen LogP contribution in [-0.4, -0.2) is 35.5 Å². The number of hydrogen-bond donors (Lipinski definition) is 0. The van der Waals surface area contributed by atoms with E-state index in [4.69, 9.17) is 4.74 Å².